The maximum Gasteiger partial charge on any atom is 0.300 e. The van der Waals surface area contributed by atoms with Crippen molar-refractivity contribution < 1.29 is 68.1 Å². The summed E-state index contributed by atoms with van der Waals surface area (Å²) in [6.07, 6.45) is 7.16. The van der Waals surface area contributed by atoms with Crippen LogP contribution < -0.4 is 54.0 Å². The molecule has 98 heavy (non-hydrogen) atoms. The smallest absolute Gasteiger partial charge is 0.300 e. The molecule has 31 heteroatoms. The number of carbonyl (C=O) groups is 11. The Bertz CT molecular complexity index is 3790. The van der Waals surface area contributed by atoms with Crippen LogP contribution in [0.5, 0.6) is 5.75 Å². The molecular formula is C67H89N17O14. The van der Waals surface area contributed by atoms with Crippen molar-refractivity contribution >= 4 is 92.8 Å². The number of likely N-dealkylation sites (N-methyl/N-ethyl adjacent to an activating group) is 2. The van der Waals surface area contributed by atoms with Crippen LogP contribution in [0.4, 0.5) is 0 Å². The van der Waals surface area contributed by atoms with E-state index in [9.17, 15) is 48.6 Å². The fourth-order valence-electron chi connectivity index (χ4n) is 11.8. The molecule has 2 saturated heterocycles. The molecule has 0 spiro atoms. The van der Waals surface area contributed by atoms with E-state index >= 15 is 9.59 Å². The standard InChI is InChI=1S/C65H85N17O12.C2H4O2/c1-5-69-61(91)53-17-11-25-82(53)64(94)47(16-10-24-70-65(66)67)75-62(92)54(26-36(2)3)81(4)63(93)51(29-39-32-72-45-15-9-7-13-43(39)45)79-57(87)48(27-37-18-20-41(84)21-19-37)76-60(90)52(34-83)80-58(88)49(28-38-31-71-44-14-8-6-12-42(38)44)77-59(89)50(30-40-33-68-35-73-40)78-56(86)46-22-23-55(85)74-46;1-2(3)4/h6-9,12-15,18-21,31-33,35-36,46-54,71-72,83-84H,5,10-11,16-17,22-30,34H2,1-4H3,(H,68,73)(H,69,91)(H,74,85)(H,75,92)(H,76,90)(H,77,89)(H,78,86)(H,79,87)(H,80,88)(H4,66,67,70);1H3,(H,3,4)/t46-,47-,48-,49-,50-,51+,52-,53-,54-;/m0./s1. The number of para-hydroxylation sites is 2. The molecule has 18 N–H and O–H groups in total. The zero-order valence-corrected chi connectivity index (χ0v) is 55.4. The number of amides is 10. The van der Waals surface area contributed by atoms with E-state index in [0.29, 0.717) is 52.7 Å². The average Bonchev–Trinajstić information content (AvgIpc) is 1.67. The first-order chi connectivity index (χ1) is 46.8. The van der Waals surface area contributed by atoms with Gasteiger partial charge in [-0.2, -0.15) is 0 Å². The van der Waals surface area contributed by atoms with Crippen molar-refractivity contribution in [3.8, 4) is 5.75 Å². The lowest BCUT2D eigenvalue weighted by molar-refractivity contribution is -0.145. The molecule has 9 atom stereocenters. The van der Waals surface area contributed by atoms with Gasteiger partial charge < -0.3 is 94.1 Å². The second-order valence-electron chi connectivity index (χ2n) is 24.6. The lowest BCUT2D eigenvalue weighted by Crippen LogP contribution is -2.62. The molecular weight excluding hydrogens is 1270 g/mol. The number of aromatic hydroxyl groups is 1. The second-order valence-corrected chi connectivity index (χ2v) is 24.6. The van der Waals surface area contributed by atoms with Crippen LogP contribution in [0.2, 0.25) is 0 Å². The first-order valence-corrected chi connectivity index (χ1v) is 32.5. The number of nitrogens with one attached hydrogen (secondary N) is 11. The quantitative estimate of drug-likeness (QED) is 0.0146. The van der Waals surface area contributed by atoms with E-state index in [-0.39, 0.29) is 100 Å². The number of aliphatic hydroxyl groups is 1. The molecule has 2 fully saturated rings. The third-order valence-electron chi connectivity index (χ3n) is 16.8. The van der Waals surface area contributed by atoms with Crippen LogP contribution in [-0.4, -0.2) is 204 Å². The summed E-state index contributed by atoms with van der Waals surface area (Å²) >= 11 is 0. The van der Waals surface area contributed by atoms with E-state index in [2.05, 4.69) is 67.5 Å². The lowest BCUT2D eigenvalue weighted by atomic mass is 9.98. The van der Waals surface area contributed by atoms with Crippen molar-refractivity contribution in [3.63, 3.8) is 0 Å². The van der Waals surface area contributed by atoms with Crippen LogP contribution in [0.3, 0.4) is 0 Å². The van der Waals surface area contributed by atoms with Gasteiger partial charge in [0.15, 0.2) is 5.96 Å². The zero-order chi connectivity index (χ0) is 71.2. The summed E-state index contributed by atoms with van der Waals surface area (Å²) in [5, 5.41) is 51.8. The minimum Gasteiger partial charge on any atom is -0.508 e. The summed E-state index contributed by atoms with van der Waals surface area (Å²) in [5.74, 6) is -8.26. The number of fused-ring (bicyclic) bond motifs is 2. The number of phenolic OH excluding ortho intramolecular Hbond substituents is 1. The normalized spacial score (nSPS) is 16.3. The van der Waals surface area contributed by atoms with Crippen LogP contribution in [0.25, 0.3) is 21.8 Å². The maximum absolute atomic E-state index is 15.4. The van der Waals surface area contributed by atoms with Gasteiger partial charge in [-0.05, 0) is 92.3 Å². The number of aliphatic carboxylic acids is 1. The van der Waals surface area contributed by atoms with E-state index in [1.54, 1.807) is 43.6 Å². The Balaban J connectivity index is 0.00000329. The molecule has 10 amide bonds. The molecule has 2 aliphatic heterocycles. The molecule has 0 unspecified atom stereocenters. The van der Waals surface area contributed by atoms with Crippen molar-refractivity contribution in [2.75, 3.05) is 33.3 Å². The fourth-order valence-corrected chi connectivity index (χ4v) is 11.8. The van der Waals surface area contributed by atoms with Crippen molar-refractivity contribution in [3.05, 3.63) is 120 Å². The predicted octanol–water partition coefficient (Wildman–Crippen LogP) is -0.327. The summed E-state index contributed by atoms with van der Waals surface area (Å²) in [5.41, 5.74) is 14.7. The number of carboxylic acids is 1. The molecule has 3 aromatic heterocycles. The van der Waals surface area contributed by atoms with E-state index < -0.39 is 114 Å². The maximum atomic E-state index is 15.4. The number of aromatic amines is 3. The number of hydrogen-bond acceptors (Lipinski definition) is 15. The third-order valence-corrected chi connectivity index (χ3v) is 16.8. The molecule has 2 aliphatic rings. The van der Waals surface area contributed by atoms with Crippen LogP contribution in [-0.2, 0) is 78.4 Å². The third kappa shape index (κ3) is 21.1. The number of nitrogens with two attached hydrogens (primary N) is 2. The number of hydrogen-bond donors (Lipinski definition) is 16. The minimum atomic E-state index is -1.78. The van der Waals surface area contributed by atoms with Gasteiger partial charge in [-0.15, -0.1) is 0 Å². The highest BCUT2D eigenvalue weighted by molar-refractivity contribution is 6.00. The van der Waals surface area contributed by atoms with Crippen molar-refractivity contribution in [1.82, 2.24) is 72.3 Å². The molecule has 3 aromatic carbocycles. The highest BCUT2D eigenvalue weighted by atomic mass is 16.4. The van der Waals surface area contributed by atoms with Gasteiger partial charge in [0.05, 0.1) is 12.9 Å². The Hall–Kier alpha value is -10.9. The van der Waals surface area contributed by atoms with Gasteiger partial charge in [-0.25, -0.2) is 4.98 Å². The first kappa shape index (κ1) is 74.5. The number of aliphatic hydroxyl groups excluding tert-OH is 1. The Morgan fingerprint density at radius 3 is 1.81 bits per heavy atom. The molecule has 8 rings (SSSR count). The molecule has 31 nitrogen and oxygen atoms in total. The zero-order valence-electron chi connectivity index (χ0n) is 55.4. The molecule has 0 saturated carbocycles. The molecule has 0 radical (unpaired) electrons. The number of aliphatic imine (C=N–C) groups is 1. The second kappa shape index (κ2) is 35.8. The fraction of sp³-hybridized carbons (Fsp3) is 0.448. The highest BCUT2D eigenvalue weighted by Gasteiger charge is 2.41. The Labute approximate surface area is 565 Å². The summed E-state index contributed by atoms with van der Waals surface area (Å²) in [6, 6.07) is 8.55. The number of likely N-dealkylation sites (tertiary alicyclic amines) is 1. The number of aromatic nitrogens is 4. The van der Waals surface area contributed by atoms with Crippen LogP contribution in [0.1, 0.15) is 95.0 Å². The number of benzene rings is 3. The number of carbonyl (C=O) groups excluding carboxylic acids is 10. The Morgan fingerprint density at radius 2 is 1.26 bits per heavy atom. The molecule has 0 bridgehead atoms. The largest absolute Gasteiger partial charge is 0.508 e. The van der Waals surface area contributed by atoms with Crippen molar-refractivity contribution in [1.29, 1.82) is 0 Å². The van der Waals surface area contributed by atoms with Gasteiger partial charge in [0.2, 0.25) is 59.1 Å². The molecule has 5 heterocycles. The van der Waals surface area contributed by atoms with Gasteiger partial charge in [0.25, 0.3) is 5.97 Å². The van der Waals surface area contributed by atoms with E-state index in [1.165, 1.54) is 53.6 Å². The van der Waals surface area contributed by atoms with Crippen LogP contribution >= 0.6 is 0 Å². The number of imidazole rings is 1. The number of rotatable bonds is 32. The highest BCUT2D eigenvalue weighted by Crippen LogP contribution is 2.25. The minimum absolute atomic E-state index is 0.0705. The molecule has 526 valence electrons. The van der Waals surface area contributed by atoms with Gasteiger partial charge in [0.1, 0.15) is 60.1 Å². The Morgan fingerprint density at radius 1 is 0.704 bits per heavy atom. The van der Waals surface area contributed by atoms with E-state index in [4.69, 9.17) is 21.4 Å². The van der Waals surface area contributed by atoms with E-state index in [0.717, 1.165) is 17.8 Å². The summed E-state index contributed by atoms with van der Waals surface area (Å²) in [6.45, 7) is 6.28. The summed E-state index contributed by atoms with van der Waals surface area (Å²) in [7, 11) is 1.41. The van der Waals surface area contributed by atoms with Gasteiger partial charge in [-0.1, -0.05) is 62.4 Å². The molecule has 0 aliphatic carbocycles. The number of H-pyrrole nitrogens is 3. The van der Waals surface area contributed by atoms with Crippen LogP contribution in [0, 0.1) is 5.92 Å². The number of nitrogens with zero attached hydrogens (tertiary/aromatic N) is 4. The van der Waals surface area contributed by atoms with Gasteiger partial charge in [-0.3, -0.25) is 57.7 Å². The molecule has 6 aromatic rings. The van der Waals surface area contributed by atoms with Crippen LogP contribution in [0.15, 0.2) is 103 Å². The van der Waals surface area contributed by atoms with Crippen molar-refractivity contribution in [2.24, 2.45) is 22.4 Å². The number of phenols is 1. The lowest BCUT2D eigenvalue weighted by Gasteiger charge is -2.34. The summed E-state index contributed by atoms with van der Waals surface area (Å²) < 4.78 is 0. The average molecular weight is 1360 g/mol. The number of carboxylic acid groups (broad SMARTS) is 1. The first-order valence-electron chi connectivity index (χ1n) is 32.5. The predicted molar refractivity (Wildman–Crippen MR) is 361 cm³/mol. The Kier molecular flexibility index (Phi) is 27.2. The summed E-state index contributed by atoms with van der Waals surface area (Å²) in [4.78, 5) is 172. The SMILES string of the molecule is CC(=O)O.CCNC(=O)[C@@H]1CCCN1C(=O)[C@H](CCCN=C(N)N)NC(=O)[C@H](CC(C)C)N(C)C(=O)[C@@H](Cc1c[nH]c2ccccc12)NC(=O)[C@H](Cc1ccc(O)cc1)NC(=O)[C@H](CO)NC(=O)[C@H](Cc1c[nH]c2ccccc12)NC(=O)[C@H](Cc1cnc[nH]1)NC(=O)[C@@H]1CCC(=O)N1. The van der Waals surface area contributed by atoms with Crippen molar-refractivity contribution in [2.45, 2.75) is 153 Å². The number of guanidine groups is 1. The van der Waals surface area contributed by atoms with Gasteiger partial charge >= 0.3 is 0 Å². The van der Waals surface area contributed by atoms with Gasteiger partial charge in [0, 0.05) is 112 Å². The monoisotopic (exact) mass is 1360 g/mol. The van der Waals surface area contributed by atoms with E-state index in [1.807, 2.05) is 38.1 Å². The topological polar surface area (TPSA) is 476 Å².